The topological polar surface area (TPSA) is 80.9 Å². The molecule has 0 aromatic carbocycles. The number of carbonyl (C=O) groups excluding carboxylic acids is 1. The molecule has 0 unspecified atom stereocenters. The van der Waals surface area contributed by atoms with Crippen LogP contribution < -0.4 is 11.1 Å². The maximum absolute atomic E-state index is 11.2. The Morgan fingerprint density at radius 1 is 1.59 bits per heavy atom. The average Bonchev–Trinajstić information content (AvgIpc) is 2.27. The zero-order chi connectivity index (χ0) is 13.1. The van der Waals surface area contributed by atoms with Crippen LogP contribution in [-0.2, 0) is 0 Å². The van der Waals surface area contributed by atoms with Gasteiger partial charge in [-0.3, -0.25) is 4.79 Å². The monoisotopic (exact) mass is 274 g/mol. The fraction of sp³-hybridized carbons (Fsp3) is 0.500. The summed E-state index contributed by atoms with van der Waals surface area (Å²) in [5.41, 5.74) is 5.50. The highest BCUT2D eigenvalue weighted by Crippen LogP contribution is 2.22. The Bertz CT molecular complexity index is 425. The minimum atomic E-state index is -0.578. The predicted molar refractivity (Wildman–Crippen MR) is 71.6 cm³/mol. The van der Waals surface area contributed by atoms with Crippen molar-refractivity contribution < 1.29 is 4.79 Å². The standard InChI is InChI=1S/C10H15ClN4OS/c1-10(2,17-3)5-13-9-6(8(12)16)4-7(11)14-15-9/h4H,5H2,1-3H3,(H2,12,16)(H,13,15). The third-order valence-electron chi connectivity index (χ3n) is 2.26. The number of aromatic nitrogens is 2. The van der Waals surface area contributed by atoms with Crippen molar-refractivity contribution in [3.8, 4) is 0 Å². The Labute approximate surface area is 110 Å². The summed E-state index contributed by atoms with van der Waals surface area (Å²) in [5.74, 6) is -0.213. The average molecular weight is 275 g/mol. The molecular formula is C10H15ClN4OS. The van der Waals surface area contributed by atoms with E-state index < -0.39 is 5.91 Å². The van der Waals surface area contributed by atoms with Crippen LogP contribution in [0.25, 0.3) is 0 Å². The number of carbonyl (C=O) groups is 1. The first-order valence-corrected chi connectivity index (χ1v) is 6.58. The van der Waals surface area contributed by atoms with Gasteiger partial charge in [0, 0.05) is 11.3 Å². The molecule has 17 heavy (non-hydrogen) atoms. The summed E-state index contributed by atoms with van der Waals surface area (Å²) in [6, 6.07) is 1.41. The lowest BCUT2D eigenvalue weighted by molar-refractivity contribution is 0.100. The molecule has 7 heteroatoms. The first-order valence-electron chi connectivity index (χ1n) is 4.98. The van der Waals surface area contributed by atoms with Crippen LogP contribution in [0.5, 0.6) is 0 Å². The number of hydrogen-bond donors (Lipinski definition) is 2. The molecule has 0 aliphatic rings. The van der Waals surface area contributed by atoms with E-state index in [1.807, 2.05) is 6.26 Å². The van der Waals surface area contributed by atoms with Gasteiger partial charge in [-0.1, -0.05) is 11.6 Å². The summed E-state index contributed by atoms with van der Waals surface area (Å²) in [6.45, 7) is 4.81. The fourth-order valence-electron chi connectivity index (χ4n) is 1.06. The smallest absolute Gasteiger partial charge is 0.252 e. The molecule has 0 bridgehead atoms. The number of nitrogens with one attached hydrogen (secondary N) is 1. The largest absolute Gasteiger partial charge is 0.367 e. The van der Waals surface area contributed by atoms with Gasteiger partial charge in [-0.2, -0.15) is 11.8 Å². The number of nitrogens with two attached hydrogens (primary N) is 1. The number of thioether (sulfide) groups is 1. The molecule has 5 nitrogen and oxygen atoms in total. The van der Waals surface area contributed by atoms with Gasteiger partial charge in [-0.25, -0.2) is 0 Å². The first-order chi connectivity index (χ1) is 7.85. The third kappa shape index (κ3) is 4.05. The van der Waals surface area contributed by atoms with Gasteiger partial charge in [-0.15, -0.1) is 10.2 Å². The molecule has 1 heterocycles. The van der Waals surface area contributed by atoms with E-state index in [1.54, 1.807) is 11.8 Å². The van der Waals surface area contributed by atoms with Crippen molar-refractivity contribution in [2.45, 2.75) is 18.6 Å². The van der Waals surface area contributed by atoms with Gasteiger partial charge >= 0.3 is 0 Å². The van der Waals surface area contributed by atoms with E-state index in [-0.39, 0.29) is 15.5 Å². The highest BCUT2D eigenvalue weighted by atomic mass is 35.5. The maximum Gasteiger partial charge on any atom is 0.252 e. The Hall–Kier alpha value is -1.01. The number of rotatable bonds is 5. The lowest BCUT2D eigenvalue weighted by atomic mass is 10.2. The van der Waals surface area contributed by atoms with Crippen LogP contribution in [0.15, 0.2) is 6.07 Å². The van der Waals surface area contributed by atoms with E-state index in [0.717, 1.165) is 0 Å². The van der Waals surface area contributed by atoms with Crippen LogP contribution in [-0.4, -0.2) is 33.7 Å². The van der Waals surface area contributed by atoms with Gasteiger partial charge in [0.25, 0.3) is 5.91 Å². The molecule has 0 saturated carbocycles. The summed E-state index contributed by atoms with van der Waals surface area (Å²) in [4.78, 5) is 11.2. The van der Waals surface area contributed by atoms with E-state index in [9.17, 15) is 4.79 Å². The lowest BCUT2D eigenvalue weighted by Gasteiger charge is -2.22. The third-order valence-corrected chi connectivity index (χ3v) is 3.70. The highest BCUT2D eigenvalue weighted by molar-refractivity contribution is 7.99. The van der Waals surface area contributed by atoms with E-state index >= 15 is 0 Å². The van der Waals surface area contributed by atoms with E-state index in [1.165, 1.54) is 6.07 Å². The number of anilines is 1. The molecule has 1 amide bonds. The first kappa shape index (κ1) is 14.1. The molecule has 94 valence electrons. The minimum Gasteiger partial charge on any atom is -0.367 e. The molecule has 1 aromatic heterocycles. The highest BCUT2D eigenvalue weighted by Gasteiger charge is 2.18. The summed E-state index contributed by atoms with van der Waals surface area (Å²) >= 11 is 7.38. The zero-order valence-corrected chi connectivity index (χ0v) is 11.5. The van der Waals surface area contributed by atoms with Crippen molar-refractivity contribution in [2.24, 2.45) is 5.73 Å². The Morgan fingerprint density at radius 3 is 2.76 bits per heavy atom. The molecule has 0 spiro atoms. The van der Waals surface area contributed by atoms with Gasteiger partial charge < -0.3 is 11.1 Å². The van der Waals surface area contributed by atoms with Crippen LogP contribution in [0.1, 0.15) is 24.2 Å². The summed E-state index contributed by atoms with van der Waals surface area (Å²) < 4.78 is 0.0240. The second-order valence-corrected chi connectivity index (χ2v) is 6.01. The van der Waals surface area contributed by atoms with Crippen molar-refractivity contribution in [2.75, 3.05) is 18.1 Å². The van der Waals surface area contributed by atoms with E-state index in [0.29, 0.717) is 12.4 Å². The van der Waals surface area contributed by atoms with E-state index in [2.05, 4.69) is 29.4 Å². The molecule has 3 N–H and O–H groups in total. The zero-order valence-electron chi connectivity index (χ0n) is 9.95. The second-order valence-electron chi connectivity index (χ2n) is 4.11. The van der Waals surface area contributed by atoms with E-state index in [4.69, 9.17) is 17.3 Å². The van der Waals surface area contributed by atoms with Crippen molar-refractivity contribution in [1.82, 2.24) is 10.2 Å². The molecule has 1 aromatic rings. The molecule has 0 saturated heterocycles. The molecule has 0 radical (unpaired) electrons. The summed E-state index contributed by atoms with van der Waals surface area (Å²) in [6.07, 6.45) is 2.02. The molecule has 0 aliphatic carbocycles. The lowest BCUT2D eigenvalue weighted by Crippen LogP contribution is -2.27. The predicted octanol–water partition coefficient (Wildman–Crippen LogP) is 1.78. The Morgan fingerprint density at radius 2 is 2.24 bits per heavy atom. The number of amides is 1. The van der Waals surface area contributed by atoms with Gasteiger partial charge in [0.2, 0.25) is 0 Å². The van der Waals surface area contributed by atoms with Crippen molar-refractivity contribution >= 4 is 35.1 Å². The molecule has 0 fully saturated rings. The van der Waals surface area contributed by atoms with Gasteiger partial charge in [0.1, 0.15) is 0 Å². The summed E-state index contributed by atoms with van der Waals surface area (Å²) in [7, 11) is 0. The normalized spacial score (nSPS) is 11.3. The van der Waals surface area contributed by atoms with Crippen molar-refractivity contribution in [3.63, 3.8) is 0 Å². The van der Waals surface area contributed by atoms with Crippen molar-refractivity contribution in [1.29, 1.82) is 0 Å². The van der Waals surface area contributed by atoms with Crippen LogP contribution in [0.2, 0.25) is 5.15 Å². The van der Waals surface area contributed by atoms with Crippen molar-refractivity contribution in [3.05, 3.63) is 16.8 Å². The molecular weight excluding hydrogens is 260 g/mol. The maximum atomic E-state index is 11.2. The summed E-state index contributed by atoms with van der Waals surface area (Å²) in [5, 5.41) is 10.7. The minimum absolute atomic E-state index is 0.0240. The number of halogens is 1. The molecule has 0 atom stereocenters. The fourth-order valence-corrected chi connectivity index (χ4v) is 1.42. The SMILES string of the molecule is CSC(C)(C)CNc1nnc(Cl)cc1C(N)=O. The quantitative estimate of drug-likeness (QED) is 0.855. The second kappa shape index (κ2) is 5.55. The van der Waals surface area contributed by atoms with Crippen LogP contribution in [0, 0.1) is 0 Å². The van der Waals surface area contributed by atoms with Crippen LogP contribution in [0.3, 0.4) is 0 Å². The van der Waals surface area contributed by atoms with Crippen LogP contribution in [0.4, 0.5) is 5.82 Å². The number of primary amides is 1. The van der Waals surface area contributed by atoms with Gasteiger partial charge in [-0.05, 0) is 26.2 Å². The van der Waals surface area contributed by atoms with Crippen LogP contribution >= 0.6 is 23.4 Å². The Kier molecular flexibility index (Phi) is 4.59. The van der Waals surface area contributed by atoms with Gasteiger partial charge in [0.05, 0.1) is 5.56 Å². The molecule has 1 rings (SSSR count). The molecule has 0 aliphatic heterocycles. The van der Waals surface area contributed by atoms with Gasteiger partial charge in [0.15, 0.2) is 11.0 Å². The Balaban J connectivity index is 2.88. The number of nitrogens with zero attached hydrogens (tertiary/aromatic N) is 2. The number of hydrogen-bond acceptors (Lipinski definition) is 5.